The summed E-state index contributed by atoms with van der Waals surface area (Å²) in [5.74, 6) is -0.998. The Kier molecular flexibility index (Phi) is 2.61. The largest absolute Gasteiger partial charge is 0.481 e. The van der Waals surface area contributed by atoms with Gasteiger partial charge in [-0.15, -0.1) is 11.6 Å². The van der Waals surface area contributed by atoms with E-state index in [1.54, 1.807) is 0 Å². The van der Waals surface area contributed by atoms with Crippen LogP contribution in [0.2, 0.25) is 0 Å². The van der Waals surface area contributed by atoms with E-state index in [4.69, 9.17) is 16.7 Å². The third-order valence-corrected chi connectivity index (χ3v) is 3.73. The smallest absolute Gasteiger partial charge is 0.312 e. The highest BCUT2D eigenvalue weighted by Gasteiger charge is 2.55. The molecule has 0 unspecified atom stereocenters. The van der Waals surface area contributed by atoms with Crippen LogP contribution in [0.15, 0.2) is 0 Å². The number of halogens is 1. The zero-order valence-electron chi connectivity index (χ0n) is 7.88. The van der Waals surface area contributed by atoms with Crippen molar-refractivity contribution in [1.29, 1.82) is 0 Å². The molecule has 13 heavy (non-hydrogen) atoms. The SMILES string of the molecule is CC(C)(C(=O)O)[C@]1(O)CCC[C@H]1Cl. The fourth-order valence-electron chi connectivity index (χ4n) is 1.84. The number of alkyl halides is 1. The summed E-state index contributed by atoms with van der Waals surface area (Å²) in [5, 5.41) is 18.7. The van der Waals surface area contributed by atoms with Gasteiger partial charge < -0.3 is 10.2 Å². The second-order valence-corrected chi connectivity index (χ2v) is 4.74. The summed E-state index contributed by atoms with van der Waals surface area (Å²) in [6, 6.07) is 0. The summed E-state index contributed by atoms with van der Waals surface area (Å²) in [6.07, 6.45) is 1.95. The molecule has 0 aromatic heterocycles. The van der Waals surface area contributed by atoms with E-state index in [-0.39, 0.29) is 0 Å². The van der Waals surface area contributed by atoms with Crippen LogP contribution in [-0.2, 0) is 4.79 Å². The number of hydrogen-bond donors (Lipinski definition) is 2. The number of carboxylic acids is 1. The van der Waals surface area contributed by atoms with Gasteiger partial charge in [0.25, 0.3) is 0 Å². The van der Waals surface area contributed by atoms with Crippen molar-refractivity contribution < 1.29 is 15.0 Å². The fraction of sp³-hybridized carbons (Fsp3) is 0.889. The molecule has 1 aliphatic rings. The molecule has 0 radical (unpaired) electrons. The maximum Gasteiger partial charge on any atom is 0.312 e. The first-order chi connectivity index (χ1) is 5.82. The van der Waals surface area contributed by atoms with E-state index in [2.05, 4.69) is 0 Å². The van der Waals surface area contributed by atoms with Gasteiger partial charge in [0.15, 0.2) is 0 Å². The Morgan fingerprint density at radius 2 is 2.15 bits per heavy atom. The molecule has 1 aliphatic carbocycles. The van der Waals surface area contributed by atoms with E-state index in [1.165, 1.54) is 13.8 Å². The van der Waals surface area contributed by atoms with Gasteiger partial charge in [-0.1, -0.05) is 0 Å². The van der Waals surface area contributed by atoms with Gasteiger partial charge in [0.05, 0.1) is 16.4 Å². The second kappa shape index (κ2) is 3.14. The molecule has 1 saturated carbocycles. The minimum absolute atomic E-state index is 0.446. The molecule has 0 saturated heterocycles. The minimum atomic E-state index is -1.26. The van der Waals surface area contributed by atoms with E-state index in [1.807, 2.05) is 0 Å². The van der Waals surface area contributed by atoms with Crippen LogP contribution in [0.25, 0.3) is 0 Å². The van der Waals surface area contributed by atoms with E-state index >= 15 is 0 Å². The van der Waals surface area contributed by atoms with Crippen LogP contribution < -0.4 is 0 Å². The fourth-order valence-corrected chi connectivity index (χ4v) is 2.37. The Bertz CT molecular complexity index is 227. The summed E-state index contributed by atoms with van der Waals surface area (Å²) >= 11 is 5.93. The zero-order chi connectivity index (χ0) is 10.3. The predicted molar refractivity (Wildman–Crippen MR) is 49.9 cm³/mol. The Hall–Kier alpha value is -0.280. The van der Waals surface area contributed by atoms with Crippen molar-refractivity contribution in [3.63, 3.8) is 0 Å². The van der Waals surface area contributed by atoms with Gasteiger partial charge in [0.2, 0.25) is 0 Å². The summed E-state index contributed by atoms with van der Waals surface area (Å²) in [5.41, 5.74) is -2.43. The van der Waals surface area contributed by atoms with Crippen molar-refractivity contribution in [2.75, 3.05) is 0 Å². The molecule has 0 bridgehead atoms. The van der Waals surface area contributed by atoms with Crippen LogP contribution >= 0.6 is 11.6 Å². The molecule has 0 spiro atoms. The van der Waals surface area contributed by atoms with E-state index < -0.39 is 22.4 Å². The summed E-state index contributed by atoms with van der Waals surface area (Å²) in [6.45, 7) is 3.05. The minimum Gasteiger partial charge on any atom is -0.481 e. The monoisotopic (exact) mass is 206 g/mol. The lowest BCUT2D eigenvalue weighted by Gasteiger charge is -2.38. The molecular weight excluding hydrogens is 192 g/mol. The van der Waals surface area contributed by atoms with Crippen molar-refractivity contribution in [2.24, 2.45) is 5.41 Å². The van der Waals surface area contributed by atoms with Gasteiger partial charge in [0.1, 0.15) is 0 Å². The van der Waals surface area contributed by atoms with Gasteiger partial charge >= 0.3 is 5.97 Å². The molecule has 1 fully saturated rings. The number of aliphatic carboxylic acids is 1. The second-order valence-electron chi connectivity index (χ2n) is 4.21. The molecule has 1 rings (SSSR count). The molecule has 0 amide bonds. The topological polar surface area (TPSA) is 57.5 Å². The van der Waals surface area contributed by atoms with Gasteiger partial charge in [-0.3, -0.25) is 4.79 Å². The maximum atomic E-state index is 10.9. The molecule has 4 heteroatoms. The Labute approximate surface area is 82.7 Å². The van der Waals surface area contributed by atoms with Crippen molar-refractivity contribution in [1.82, 2.24) is 0 Å². The Morgan fingerprint density at radius 1 is 1.62 bits per heavy atom. The number of carboxylic acid groups (broad SMARTS) is 1. The molecule has 76 valence electrons. The van der Waals surface area contributed by atoms with Crippen LogP contribution in [0.3, 0.4) is 0 Å². The molecule has 2 N–H and O–H groups in total. The molecule has 2 atom stereocenters. The first-order valence-electron chi connectivity index (χ1n) is 4.42. The van der Waals surface area contributed by atoms with Crippen LogP contribution in [0.1, 0.15) is 33.1 Å². The Morgan fingerprint density at radius 3 is 2.46 bits per heavy atom. The molecular formula is C9H15ClO3. The molecule has 0 aliphatic heterocycles. The van der Waals surface area contributed by atoms with Crippen LogP contribution in [0.4, 0.5) is 0 Å². The average molecular weight is 207 g/mol. The van der Waals surface area contributed by atoms with Gasteiger partial charge in [-0.2, -0.15) is 0 Å². The normalized spacial score (nSPS) is 34.9. The number of carbonyl (C=O) groups is 1. The highest BCUT2D eigenvalue weighted by atomic mass is 35.5. The van der Waals surface area contributed by atoms with E-state index in [0.29, 0.717) is 12.8 Å². The highest BCUT2D eigenvalue weighted by molar-refractivity contribution is 6.21. The molecule has 0 aromatic rings. The van der Waals surface area contributed by atoms with Gasteiger partial charge in [-0.25, -0.2) is 0 Å². The van der Waals surface area contributed by atoms with Crippen molar-refractivity contribution in [3.05, 3.63) is 0 Å². The zero-order valence-corrected chi connectivity index (χ0v) is 8.64. The first kappa shape index (κ1) is 10.8. The van der Waals surface area contributed by atoms with Crippen molar-refractivity contribution >= 4 is 17.6 Å². The van der Waals surface area contributed by atoms with Crippen LogP contribution in [-0.4, -0.2) is 27.2 Å². The Balaban J connectivity index is 2.97. The third-order valence-electron chi connectivity index (χ3n) is 3.15. The summed E-state index contributed by atoms with van der Waals surface area (Å²) < 4.78 is 0. The predicted octanol–water partition coefficient (Wildman–Crippen LogP) is 1.62. The summed E-state index contributed by atoms with van der Waals surface area (Å²) in [4.78, 5) is 10.9. The van der Waals surface area contributed by atoms with Crippen LogP contribution in [0, 0.1) is 5.41 Å². The van der Waals surface area contributed by atoms with Gasteiger partial charge in [0, 0.05) is 0 Å². The highest BCUT2D eigenvalue weighted by Crippen LogP contribution is 2.46. The quantitative estimate of drug-likeness (QED) is 0.675. The summed E-state index contributed by atoms with van der Waals surface area (Å²) in [7, 11) is 0. The lowest BCUT2D eigenvalue weighted by molar-refractivity contribution is -0.163. The molecule has 0 aromatic carbocycles. The van der Waals surface area contributed by atoms with E-state index in [9.17, 15) is 9.90 Å². The van der Waals surface area contributed by atoms with Gasteiger partial charge in [-0.05, 0) is 33.1 Å². The standard InChI is InChI=1S/C9H15ClO3/c1-8(2,7(11)12)9(13)5-3-4-6(9)10/h6,13H,3-5H2,1-2H3,(H,11,12)/t6-,9+/m1/s1. The van der Waals surface area contributed by atoms with Crippen LogP contribution in [0.5, 0.6) is 0 Å². The molecule has 3 nitrogen and oxygen atoms in total. The lowest BCUT2D eigenvalue weighted by Crippen LogP contribution is -2.52. The lowest BCUT2D eigenvalue weighted by atomic mass is 9.73. The van der Waals surface area contributed by atoms with Crippen molar-refractivity contribution in [3.8, 4) is 0 Å². The van der Waals surface area contributed by atoms with E-state index in [0.717, 1.165) is 6.42 Å². The number of rotatable bonds is 2. The van der Waals surface area contributed by atoms with Crippen molar-refractivity contribution in [2.45, 2.75) is 44.1 Å². The average Bonchev–Trinajstić information content (AvgIpc) is 2.33. The first-order valence-corrected chi connectivity index (χ1v) is 4.86. The number of hydrogen-bond acceptors (Lipinski definition) is 2. The third kappa shape index (κ3) is 1.44. The maximum absolute atomic E-state index is 10.9. The number of aliphatic hydroxyl groups is 1. The molecule has 0 heterocycles.